The second kappa shape index (κ2) is 4.43. The molecule has 0 aliphatic heterocycles. The van der Waals surface area contributed by atoms with Crippen molar-refractivity contribution in [2.75, 3.05) is 7.11 Å². The van der Waals surface area contributed by atoms with Crippen LogP contribution >= 0.6 is 0 Å². The lowest BCUT2D eigenvalue weighted by Crippen LogP contribution is -1.95. The van der Waals surface area contributed by atoms with Crippen molar-refractivity contribution in [2.24, 2.45) is 7.05 Å². The quantitative estimate of drug-likeness (QED) is 0.697. The maximum atomic E-state index is 5.26. The first-order valence-corrected chi connectivity index (χ1v) is 6.27. The molecular weight excluding hydrogens is 236 g/mol. The smallest absolute Gasteiger partial charge is 0.119 e. The summed E-state index contributed by atoms with van der Waals surface area (Å²) >= 11 is 0. The monoisotopic (exact) mass is 252 g/mol. The van der Waals surface area contributed by atoms with Crippen molar-refractivity contribution in [3.8, 4) is 17.0 Å². The van der Waals surface area contributed by atoms with Crippen molar-refractivity contribution in [3.05, 3.63) is 48.0 Å². The van der Waals surface area contributed by atoms with E-state index >= 15 is 0 Å². The number of nitrogens with zero attached hydrogens (tertiary/aromatic N) is 2. The standard InChI is InChI=1S/C16H16N2O/c1-11-10-12(19-3)8-9-13(11)16-14-6-4-5-7-15(14)17-18(16)2/h4-10H,1-3H3. The number of aromatic nitrogens is 2. The van der Waals surface area contributed by atoms with Gasteiger partial charge in [0.25, 0.3) is 0 Å². The molecule has 1 aromatic heterocycles. The first-order valence-electron chi connectivity index (χ1n) is 6.27. The summed E-state index contributed by atoms with van der Waals surface area (Å²) in [5.74, 6) is 0.882. The van der Waals surface area contributed by atoms with Crippen LogP contribution in [0.4, 0.5) is 0 Å². The molecular formula is C16H16N2O. The first kappa shape index (κ1) is 11.8. The largest absolute Gasteiger partial charge is 0.497 e. The number of hydrogen-bond donors (Lipinski definition) is 0. The van der Waals surface area contributed by atoms with E-state index in [1.807, 2.05) is 36.0 Å². The minimum atomic E-state index is 0.882. The van der Waals surface area contributed by atoms with Crippen molar-refractivity contribution in [3.63, 3.8) is 0 Å². The Kier molecular flexibility index (Phi) is 2.75. The minimum Gasteiger partial charge on any atom is -0.497 e. The van der Waals surface area contributed by atoms with Gasteiger partial charge in [0.1, 0.15) is 5.75 Å². The highest BCUT2D eigenvalue weighted by Crippen LogP contribution is 2.32. The van der Waals surface area contributed by atoms with Crippen LogP contribution in [0.2, 0.25) is 0 Å². The topological polar surface area (TPSA) is 27.1 Å². The van der Waals surface area contributed by atoms with Gasteiger partial charge in [0.15, 0.2) is 0 Å². The Morgan fingerprint density at radius 1 is 1.11 bits per heavy atom. The highest BCUT2D eigenvalue weighted by molar-refractivity contribution is 5.94. The molecule has 0 aliphatic carbocycles. The Labute approximate surface area is 112 Å². The normalized spacial score (nSPS) is 10.9. The fourth-order valence-electron chi connectivity index (χ4n) is 2.50. The number of fused-ring (bicyclic) bond motifs is 1. The predicted molar refractivity (Wildman–Crippen MR) is 77.4 cm³/mol. The van der Waals surface area contributed by atoms with Gasteiger partial charge in [0.05, 0.1) is 18.3 Å². The van der Waals surface area contributed by atoms with Crippen LogP contribution in [0.25, 0.3) is 22.2 Å². The van der Waals surface area contributed by atoms with Crippen LogP contribution in [-0.2, 0) is 7.05 Å². The summed E-state index contributed by atoms with van der Waals surface area (Å²) < 4.78 is 7.21. The van der Waals surface area contributed by atoms with Gasteiger partial charge < -0.3 is 4.74 Å². The van der Waals surface area contributed by atoms with Gasteiger partial charge in [0, 0.05) is 18.0 Å². The van der Waals surface area contributed by atoms with Gasteiger partial charge in [0.2, 0.25) is 0 Å². The van der Waals surface area contributed by atoms with E-state index in [0.717, 1.165) is 17.0 Å². The van der Waals surface area contributed by atoms with Crippen LogP contribution in [0.1, 0.15) is 5.56 Å². The first-order chi connectivity index (χ1) is 9.20. The third-order valence-electron chi connectivity index (χ3n) is 3.43. The Balaban J connectivity index is 2.27. The molecule has 0 saturated carbocycles. The van der Waals surface area contributed by atoms with Crippen LogP contribution in [0.15, 0.2) is 42.5 Å². The molecule has 19 heavy (non-hydrogen) atoms. The molecule has 0 fully saturated rings. The number of hydrogen-bond acceptors (Lipinski definition) is 2. The molecule has 0 spiro atoms. The summed E-state index contributed by atoms with van der Waals surface area (Å²) in [6.07, 6.45) is 0. The molecule has 0 saturated heterocycles. The van der Waals surface area contributed by atoms with Crippen molar-refractivity contribution < 1.29 is 4.74 Å². The van der Waals surface area contributed by atoms with Crippen molar-refractivity contribution in [2.45, 2.75) is 6.92 Å². The lowest BCUT2D eigenvalue weighted by molar-refractivity contribution is 0.414. The summed E-state index contributed by atoms with van der Waals surface area (Å²) in [7, 11) is 3.67. The maximum Gasteiger partial charge on any atom is 0.119 e. The third kappa shape index (κ3) is 1.87. The molecule has 96 valence electrons. The van der Waals surface area contributed by atoms with Gasteiger partial charge in [-0.15, -0.1) is 0 Å². The molecule has 3 heteroatoms. The van der Waals surface area contributed by atoms with Crippen molar-refractivity contribution in [1.82, 2.24) is 9.78 Å². The van der Waals surface area contributed by atoms with E-state index in [9.17, 15) is 0 Å². The molecule has 0 unspecified atom stereocenters. The zero-order chi connectivity index (χ0) is 13.4. The number of methoxy groups -OCH3 is 1. The highest BCUT2D eigenvalue weighted by atomic mass is 16.5. The Morgan fingerprint density at radius 2 is 1.89 bits per heavy atom. The van der Waals surface area contributed by atoms with Crippen molar-refractivity contribution in [1.29, 1.82) is 0 Å². The zero-order valence-electron chi connectivity index (χ0n) is 11.3. The van der Waals surface area contributed by atoms with Gasteiger partial charge in [-0.25, -0.2) is 0 Å². The SMILES string of the molecule is COc1ccc(-c2c3ccccc3nn2C)c(C)c1. The number of rotatable bonds is 2. The predicted octanol–water partition coefficient (Wildman–Crippen LogP) is 3.56. The van der Waals surface area contributed by atoms with E-state index in [0.29, 0.717) is 0 Å². The molecule has 1 heterocycles. The molecule has 0 bridgehead atoms. The lowest BCUT2D eigenvalue weighted by Gasteiger charge is -2.09. The highest BCUT2D eigenvalue weighted by Gasteiger charge is 2.12. The van der Waals surface area contributed by atoms with Crippen molar-refractivity contribution >= 4 is 10.9 Å². The molecule has 0 radical (unpaired) electrons. The van der Waals surface area contributed by atoms with Gasteiger partial charge in [-0.3, -0.25) is 4.68 Å². The minimum absolute atomic E-state index is 0.882. The summed E-state index contributed by atoms with van der Waals surface area (Å²) in [4.78, 5) is 0. The average molecular weight is 252 g/mol. The third-order valence-corrected chi connectivity index (χ3v) is 3.43. The van der Waals surface area contributed by atoms with E-state index < -0.39 is 0 Å². The molecule has 2 aromatic carbocycles. The van der Waals surface area contributed by atoms with Crippen LogP contribution in [0.3, 0.4) is 0 Å². The van der Waals surface area contributed by atoms with Gasteiger partial charge >= 0.3 is 0 Å². The summed E-state index contributed by atoms with van der Waals surface area (Å²) in [6.45, 7) is 2.10. The van der Waals surface area contributed by atoms with E-state index in [1.165, 1.54) is 16.5 Å². The van der Waals surface area contributed by atoms with E-state index in [4.69, 9.17) is 4.74 Å². The van der Waals surface area contributed by atoms with Gasteiger partial charge in [-0.1, -0.05) is 18.2 Å². The molecule has 3 rings (SSSR count). The summed E-state index contributed by atoms with van der Waals surface area (Å²) in [5, 5.41) is 5.74. The molecule has 0 N–H and O–H groups in total. The second-order valence-corrected chi connectivity index (χ2v) is 4.67. The number of aryl methyl sites for hydroxylation is 2. The summed E-state index contributed by atoms with van der Waals surface area (Å²) in [6, 6.07) is 14.4. The molecule has 0 amide bonds. The molecule has 0 aliphatic rings. The van der Waals surface area contributed by atoms with E-state index in [-0.39, 0.29) is 0 Å². The lowest BCUT2D eigenvalue weighted by atomic mass is 10.0. The number of ether oxygens (including phenoxy) is 1. The van der Waals surface area contributed by atoms with Gasteiger partial charge in [-0.05, 0) is 36.8 Å². The van der Waals surface area contributed by atoms with Crippen LogP contribution < -0.4 is 4.74 Å². The Bertz CT molecular complexity index is 744. The molecule has 3 aromatic rings. The molecule has 3 nitrogen and oxygen atoms in total. The molecule has 0 atom stereocenters. The van der Waals surface area contributed by atoms with Gasteiger partial charge in [-0.2, -0.15) is 5.10 Å². The Hall–Kier alpha value is -2.29. The van der Waals surface area contributed by atoms with Crippen LogP contribution in [-0.4, -0.2) is 16.9 Å². The number of benzene rings is 2. The zero-order valence-corrected chi connectivity index (χ0v) is 11.3. The van der Waals surface area contributed by atoms with E-state index in [2.05, 4.69) is 30.2 Å². The maximum absolute atomic E-state index is 5.26. The van der Waals surface area contributed by atoms with E-state index in [1.54, 1.807) is 7.11 Å². The second-order valence-electron chi connectivity index (χ2n) is 4.67. The fraction of sp³-hybridized carbons (Fsp3) is 0.188. The summed E-state index contributed by atoms with van der Waals surface area (Å²) in [5.41, 5.74) is 4.55. The van der Waals surface area contributed by atoms with Crippen LogP contribution in [0, 0.1) is 6.92 Å². The average Bonchev–Trinajstić information content (AvgIpc) is 2.75. The Morgan fingerprint density at radius 3 is 2.63 bits per heavy atom. The fourth-order valence-corrected chi connectivity index (χ4v) is 2.50. The van der Waals surface area contributed by atoms with Crippen LogP contribution in [0.5, 0.6) is 5.75 Å².